The number of aryl methyl sites for hydroxylation is 1. The molecule has 0 bridgehead atoms. The fraction of sp³-hybridized carbons (Fsp3) is 0.350. The van der Waals surface area contributed by atoms with Crippen molar-refractivity contribution in [3.05, 3.63) is 47.9 Å². The summed E-state index contributed by atoms with van der Waals surface area (Å²) in [6, 6.07) is 7.72. The molecule has 3 aromatic rings. The minimum absolute atomic E-state index is 0.474. The maximum atomic E-state index is 5.80. The Kier molecular flexibility index (Phi) is 5.76. The van der Waals surface area contributed by atoms with Gasteiger partial charge in [0, 0.05) is 49.7 Å². The number of pyridine rings is 2. The molecular weight excluding hydrogens is 368 g/mol. The number of nitrogens with zero attached hydrogens (tertiary/aromatic N) is 6. The quantitative estimate of drug-likeness (QED) is 0.647. The Labute approximate surface area is 169 Å². The molecule has 9 heteroatoms. The first-order valence-electron chi connectivity index (χ1n) is 9.64. The van der Waals surface area contributed by atoms with Gasteiger partial charge in [0.2, 0.25) is 11.9 Å². The monoisotopic (exact) mass is 392 g/mol. The number of anilines is 3. The Morgan fingerprint density at radius 1 is 1.14 bits per heavy atom. The molecule has 1 aliphatic rings. The van der Waals surface area contributed by atoms with E-state index in [0.717, 1.165) is 36.3 Å². The molecule has 0 spiro atoms. The van der Waals surface area contributed by atoms with Gasteiger partial charge in [-0.2, -0.15) is 15.0 Å². The summed E-state index contributed by atoms with van der Waals surface area (Å²) in [4.78, 5) is 24.6. The highest BCUT2D eigenvalue weighted by Crippen LogP contribution is 2.23. The molecule has 4 rings (SSSR count). The second kappa shape index (κ2) is 8.78. The number of aromatic nitrogens is 5. The smallest absolute Gasteiger partial charge is 0.230 e. The van der Waals surface area contributed by atoms with E-state index in [1.807, 2.05) is 31.2 Å². The number of nitrogens with one attached hydrogen (secondary N) is 1. The maximum absolute atomic E-state index is 5.80. The number of hydrogen-bond acceptors (Lipinski definition) is 9. The maximum Gasteiger partial charge on any atom is 0.230 e. The first-order valence-corrected chi connectivity index (χ1v) is 9.64. The van der Waals surface area contributed by atoms with Crippen molar-refractivity contribution in [3.63, 3.8) is 0 Å². The third kappa shape index (κ3) is 4.75. The SMILES string of the molecule is Cc1cc(N)ncc1-c1nc(NCCc2ccccn2)nc(N2CCOCC2)n1. The fourth-order valence-corrected chi connectivity index (χ4v) is 3.13. The van der Waals surface area contributed by atoms with E-state index in [9.17, 15) is 0 Å². The number of rotatable bonds is 6. The van der Waals surface area contributed by atoms with Gasteiger partial charge in [0.15, 0.2) is 5.82 Å². The molecular formula is C20H24N8O. The van der Waals surface area contributed by atoms with E-state index in [-0.39, 0.29) is 0 Å². The Bertz CT molecular complexity index is 960. The highest BCUT2D eigenvalue weighted by molar-refractivity contribution is 5.63. The van der Waals surface area contributed by atoms with Gasteiger partial charge in [0.25, 0.3) is 0 Å². The predicted molar refractivity (Wildman–Crippen MR) is 112 cm³/mol. The minimum Gasteiger partial charge on any atom is -0.384 e. The molecule has 0 radical (unpaired) electrons. The highest BCUT2D eigenvalue weighted by atomic mass is 16.5. The van der Waals surface area contributed by atoms with Crippen LogP contribution in [0.4, 0.5) is 17.7 Å². The average Bonchev–Trinajstić information content (AvgIpc) is 2.75. The highest BCUT2D eigenvalue weighted by Gasteiger charge is 2.18. The molecule has 0 saturated carbocycles. The average molecular weight is 392 g/mol. The van der Waals surface area contributed by atoms with Crippen LogP contribution in [0.5, 0.6) is 0 Å². The third-order valence-electron chi connectivity index (χ3n) is 4.68. The van der Waals surface area contributed by atoms with Gasteiger partial charge < -0.3 is 20.7 Å². The van der Waals surface area contributed by atoms with Crippen molar-refractivity contribution in [1.29, 1.82) is 0 Å². The van der Waals surface area contributed by atoms with Crippen LogP contribution in [0.25, 0.3) is 11.4 Å². The first kappa shape index (κ1) is 19.0. The van der Waals surface area contributed by atoms with Crippen LogP contribution in [0.1, 0.15) is 11.3 Å². The summed E-state index contributed by atoms with van der Waals surface area (Å²) in [7, 11) is 0. The summed E-state index contributed by atoms with van der Waals surface area (Å²) in [5, 5.41) is 3.31. The lowest BCUT2D eigenvalue weighted by Crippen LogP contribution is -2.37. The second-order valence-electron chi connectivity index (χ2n) is 6.80. The van der Waals surface area contributed by atoms with Crippen LogP contribution in [-0.2, 0) is 11.2 Å². The predicted octanol–water partition coefficient (Wildman–Crippen LogP) is 1.71. The molecule has 0 atom stereocenters. The van der Waals surface area contributed by atoms with Crippen molar-refractivity contribution in [2.75, 3.05) is 48.8 Å². The van der Waals surface area contributed by atoms with Gasteiger partial charge in [-0.3, -0.25) is 4.98 Å². The van der Waals surface area contributed by atoms with Gasteiger partial charge in [0.05, 0.1) is 13.2 Å². The van der Waals surface area contributed by atoms with Gasteiger partial charge in [0.1, 0.15) is 5.82 Å². The summed E-state index contributed by atoms with van der Waals surface area (Å²) in [5.41, 5.74) is 8.62. The number of hydrogen-bond donors (Lipinski definition) is 2. The van der Waals surface area contributed by atoms with E-state index in [2.05, 4.69) is 30.2 Å². The summed E-state index contributed by atoms with van der Waals surface area (Å²) in [5.74, 6) is 2.22. The van der Waals surface area contributed by atoms with Crippen LogP contribution in [0.15, 0.2) is 36.7 Å². The van der Waals surface area contributed by atoms with Crippen molar-refractivity contribution < 1.29 is 4.74 Å². The minimum atomic E-state index is 0.474. The van der Waals surface area contributed by atoms with Gasteiger partial charge >= 0.3 is 0 Å². The van der Waals surface area contributed by atoms with Crippen LogP contribution in [-0.4, -0.2) is 57.8 Å². The number of nitrogens with two attached hydrogens (primary N) is 1. The zero-order valence-corrected chi connectivity index (χ0v) is 16.4. The summed E-state index contributed by atoms with van der Waals surface area (Å²) in [6.45, 7) is 5.45. The molecule has 4 heterocycles. The van der Waals surface area contributed by atoms with Crippen molar-refractivity contribution >= 4 is 17.7 Å². The van der Waals surface area contributed by atoms with Crippen molar-refractivity contribution in [2.45, 2.75) is 13.3 Å². The summed E-state index contributed by atoms with van der Waals surface area (Å²) in [6.07, 6.45) is 4.28. The molecule has 0 unspecified atom stereocenters. The lowest BCUT2D eigenvalue weighted by Gasteiger charge is -2.27. The van der Waals surface area contributed by atoms with Gasteiger partial charge in [-0.15, -0.1) is 0 Å². The lowest BCUT2D eigenvalue weighted by atomic mass is 10.1. The van der Waals surface area contributed by atoms with Gasteiger partial charge in [-0.1, -0.05) is 6.07 Å². The normalized spacial score (nSPS) is 14.0. The fourth-order valence-electron chi connectivity index (χ4n) is 3.13. The van der Waals surface area contributed by atoms with Crippen molar-refractivity contribution in [3.8, 4) is 11.4 Å². The standard InChI is InChI=1S/C20H24N8O/c1-14-12-17(21)24-13-16(14)18-25-19(23-7-5-15-4-2-3-6-22-15)27-20(26-18)28-8-10-29-11-9-28/h2-4,6,12-13H,5,7-11H2,1H3,(H2,21,24)(H,23,25,26,27). The van der Waals surface area contributed by atoms with Crippen LogP contribution < -0.4 is 16.0 Å². The van der Waals surface area contributed by atoms with Gasteiger partial charge in [-0.25, -0.2) is 4.98 Å². The molecule has 1 aliphatic heterocycles. The van der Waals surface area contributed by atoms with E-state index < -0.39 is 0 Å². The van der Waals surface area contributed by atoms with Crippen molar-refractivity contribution in [1.82, 2.24) is 24.9 Å². The first-order chi connectivity index (χ1) is 14.2. The third-order valence-corrected chi connectivity index (χ3v) is 4.68. The molecule has 0 amide bonds. The Morgan fingerprint density at radius 2 is 2.00 bits per heavy atom. The zero-order chi connectivity index (χ0) is 20.1. The molecule has 3 aromatic heterocycles. The van der Waals surface area contributed by atoms with Crippen LogP contribution in [0.2, 0.25) is 0 Å². The number of ether oxygens (including phenoxy) is 1. The molecule has 3 N–H and O–H groups in total. The zero-order valence-electron chi connectivity index (χ0n) is 16.4. The van der Waals surface area contributed by atoms with E-state index in [0.29, 0.717) is 43.3 Å². The van der Waals surface area contributed by atoms with E-state index in [1.165, 1.54) is 0 Å². The Morgan fingerprint density at radius 3 is 2.76 bits per heavy atom. The second-order valence-corrected chi connectivity index (χ2v) is 6.80. The van der Waals surface area contributed by atoms with Crippen LogP contribution in [0.3, 0.4) is 0 Å². The molecule has 9 nitrogen and oxygen atoms in total. The van der Waals surface area contributed by atoms with E-state index in [4.69, 9.17) is 15.5 Å². The molecule has 1 saturated heterocycles. The molecule has 150 valence electrons. The molecule has 0 aromatic carbocycles. The molecule has 1 fully saturated rings. The Hall–Kier alpha value is -3.33. The van der Waals surface area contributed by atoms with Crippen molar-refractivity contribution in [2.24, 2.45) is 0 Å². The number of nitrogen functional groups attached to an aromatic ring is 1. The molecule has 0 aliphatic carbocycles. The van der Waals surface area contributed by atoms with Crippen LogP contribution in [0, 0.1) is 6.92 Å². The largest absolute Gasteiger partial charge is 0.384 e. The van der Waals surface area contributed by atoms with E-state index in [1.54, 1.807) is 12.4 Å². The molecule has 29 heavy (non-hydrogen) atoms. The van der Waals surface area contributed by atoms with Crippen LogP contribution >= 0.6 is 0 Å². The topological polar surface area (TPSA) is 115 Å². The Balaban J connectivity index is 1.60. The summed E-state index contributed by atoms with van der Waals surface area (Å²) >= 11 is 0. The van der Waals surface area contributed by atoms with E-state index >= 15 is 0 Å². The summed E-state index contributed by atoms with van der Waals surface area (Å²) < 4.78 is 5.45. The van der Waals surface area contributed by atoms with Gasteiger partial charge in [-0.05, 0) is 30.7 Å². The lowest BCUT2D eigenvalue weighted by molar-refractivity contribution is 0.122. The number of morpholine rings is 1.